The van der Waals surface area contributed by atoms with E-state index in [1.165, 1.54) is 4.90 Å². The van der Waals surface area contributed by atoms with Gasteiger partial charge < -0.3 is 19.7 Å². The molecule has 1 aromatic rings. The normalized spacial score (nSPS) is 27.9. The van der Waals surface area contributed by atoms with Gasteiger partial charge in [0.2, 0.25) is 0 Å². The first-order chi connectivity index (χ1) is 14.1. The van der Waals surface area contributed by atoms with Crippen LogP contribution in [0, 0.1) is 5.92 Å². The van der Waals surface area contributed by atoms with Crippen LogP contribution in [0.25, 0.3) is 0 Å². The van der Waals surface area contributed by atoms with Gasteiger partial charge in [-0.1, -0.05) is 26.0 Å². The number of benzene rings is 1. The van der Waals surface area contributed by atoms with Crippen molar-refractivity contribution in [2.24, 2.45) is 5.92 Å². The molecule has 4 rings (SSSR count). The summed E-state index contributed by atoms with van der Waals surface area (Å²) in [6.45, 7) is 7.78. The van der Waals surface area contributed by atoms with E-state index in [0.29, 0.717) is 24.5 Å². The predicted molar refractivity (Wildman–Crippen MR) is 109 cm³/mol. The van der Waals surface area contributed by atoms with Gasteiger partial charge in [-0.3, -0.25) is 9.69 Å². The Balaban J connectivity index is 1.44. The molecule has 2 fully saturated rings. The molecule has 2 saturated heterocycles. The van der Waals surface area contributed by atoms with Gasteiger partial charge in [0.15, 0.2) is 17.6 Å². The fourth-order valence-corrected chi connectivity index (χ4v) is 4.94. The van der Waals surface area contributed by atoms with Crippen molar-refractivity contribution in [3.05, 3.63) is 24.3 Å². The minimum absolute atomic E-state index is 0.110. The molecule has 0 unspecified atom stereocenters. The van der Waals surface area contributed by atoms with Crippen LogP contribution < -0.4 is 14.8 Å². The molecular formula is C22H31N3O4. The van der Waals surface area contributed by atoms with Crippen LogP contribution in [0.15, 0.2) is 24.3 Å². The number of para-hydroxylation sites is 2. The Hall–Kier alpha value is -2.28. The number of ether oxygens (including phenoxy) is 2. The van der Waals surface area contributed by atoms with Gasteiger partial charge in [-0.2, -0.15) is 0 Å². The molecule has 0 saturated carbocycles. The molecule has 7 nitrogen and oxygen atoms in total. The zero-order valence-corrected chi connectivity index (χ0v) is 17.4. The molecule has 1 aromatic carbocycles. The Morgan fingerprint density at radius 1 is 1.14 bits per heavy atom. The van der Waals surface area contributed by atoms with Crippen LogP contribution in [0.1, 0.15) is 39.5 Å². The Kier molecular flexibility index (Phi) is 5.67. The number of amides is 3. The summed E-state index contributed by atoms with van der Waals surface area (Å²) >= 11 is 0. The number of hydrogen-bond acceptors (Lipinski definition) is 5. The van der Waals surface area contributed by atoms with Gasteiger partial charge in [-0.05, 0) is 63.4 Å². The highest BCUT2D eigenvalue weighted by Crippen LogP contribution is 2.37. The first-order valence-corrected chi connectivity index (χ1v) is 10.8. The summed E-state index contributed by atoms with van der Waals surface area (Å²) in [7, 11) is 0. The molecule has 3 aliphatic heterocycles. The lowest BCUT2D eigenvalue weighted by Crippen LogP contribution is -2.56. The number of nitrogens with zero attached hydrogens (tertiary/aromatic N) is 2. The van der Waals surface area contributed by atoms with Gasteiger partial charge in [0.25, 0.3) is 5.91 Å². The third-order valence-electron chi connectivity index (χ3n) is 6.54. The fraction of sp³-hybridized carbons (Fsp3) is 0.636. The van der Waals surface area contributed by atoms with E-state index in [-0.39, 0.29) is 30.5 Å². The standard InChI is InChI=1S/C22H31N3O4/c1-3-11-24-12-9-16(10-13-24)22(4-2)20(26)25(21(27)23-22)14-17-15-28-18-7-5-6-8-19(18)29-17/h5-8,16-17H,3-4,9-15H2,1-2H3,(H,23,27)/t17-,22+/m0/s1. The molecule has 0 aliphatic carbocycles. The minimum Gasteiger partial charge on any atom is -0.486 e. The summed E-state index contributed by atoms with van der Waals surface area (Å²) in [6, 6.07) is 7.16. The summed E-state index contributed by atoms with van der Waals surface area (Å²) in [6.07, 6.45) is 3.25. The molecule has 0 radical (unpaired) electrons. The van der Waals surface area contributed by atoms with Gasteiger partial charge in [0, 0.05) is 0 Å². The first kappa shape index (κ1) is 20.0. The molecule has 2 atom stereocenters. The molecule has 0 bridgehead atoms. The van der Waals surface area contributed by atoms with Crippen LogP contribution in [-0.2, 0) is 4.79 Å². The third-order valence-corrected chi connectivity index (χ3v) is 6.54. The summed E-state index contributed by atoms with van der Waals surface area (Å²) in [4.78, 5) is 30.0. The van der Waals surface area contributed by atoms with Crippen molar-refractivity contribution in [3.8, 4) is 11.5 Å². The van der Waals surface area contributed by atoms with E-state index in [2.05, 4.69) is 17.1 Å². The second kappa shape index (κ2) is 8.22. The van der Waals surface area contributed by atoms with Gasteiger partial charge in [-0.15, -0.1) is 0 Å². The van der Waals surface area contributed by atoms with E-state index in [0.717, 1.165) is 38.9 Å². The van der Waals surface area contributed by atoms with Crippen LogP contribution >= 0.6 is 0 Å². The van der Waals surface area contributed by atoms with Crippen LogP contribution in [-0.4, -0.2) is 66.2 Å². The van der Waals surface area contributed by atoms with Crippen LogP contribution in [0.2, 0.25) is 0 Å². The van der Waals surface area contributed by atoms with Gasteiger partial charge >= 0.3 is 6.03 Å². The molecular weight excluding hydrogens is 370 g/mol. The van der Waals surface area contributed by atoms with E-state index < -0.39 is 5.54 Å². The number of urea groups is 1. The number of imide groups is 1. The quantitative estimate of drug-likeness (QED) is 0.742. The number of fused-ring (bicyclic) bond motifs is 1. The van der Waals surface area contributed by atoms with E-state index >= 15 is 0 Å². The summed E-state index contributed by atoms with van der Waals surface area (Å²) in [5.41, 5.74) is -0.789. The van der Waals surface area contributed by atoms with Crippen molar-refractivity contribution < 1.29 is 19.1 Å². The maximum atomic E-state index is 13.4. The monoisotopic (exact) mass is 401 g/mol. The summed E-state index contributed by atoms with van der Waals surface area (Å²) in [5.74, 6) is 1.41. The van der Waals surface area contributed by atoms with E-state index in [1.54, 1.807) is 0 Å². The van der Waals surface area contributed by atoms with Gasteiger partial charge in [0.1, 0.15) is 12.1 Å². The Morgan fingerprint density at radius 2 is 1.86 bits per heavy atom. The van der Waals surface area contributed by atoms with Crippen LogP contribution in [0.5, 0.6) is 11.5 Å². The smallest absolute Gasteiger partial charge is 0.325 e. The number of carbonyl (C=O) groups excluding carboxylic acids is 2. The lowest BCUT2D eigenvalue weighted by Gasteiger charge is -2.40. The number of likely N-dealkylation sites (tertiary alicyclic amines) is 1. The lowest BCUT2D eigenvalue weighted by atomic mass is 9.75. The molecule has 3 amide bonds. The maximum absolute atomic E-state index is 13.4. The summed E-state index contributed by atoms with van der Waals surface area (Å²) in [5, 5.41) is 3.06. The highest BCUT2D eigenvalue weighted by molar-refractivity contribution is 6.07. The van der Waals surface area contributed by atoms with Crippen molar-refractivity contribution in [1.29, 1.82) is 0 Å². The highest BCUT2D eigenvalue weighted by Gasteiger charge is 2.55. The average molecular weight is 402 g/mol. The average Bonchev–Trinajstić information content (AvgIpc) is 2.99. The number of carbonyl (C=O) groups is 2. The fourth-order valence-electron chi connectivity index (χ4n) is 4.94. The van der Waals surface area contributed by atoms with Crippen molar-refractivity contribution in [1.82, 2.24) is 15.1 Å². The van der Waals surface area contributed by atoms with Gasteiger partial charge in [-0.25, -0.2) is 4.79 Å². The molecule has 7 heteroatoms. The molecule has 3 heterocycles. The van der Waals surface area contributed by atoms with E-state index in [1.807, 2.05) is 31.2 Å². The Bertz CT molecular complexity index is 762. The number of piperidine rings is 1. The van der Waals surface area contributed by atoms with Gasteiger partial charge in [0.05, 0.1) is 6.54 Å². The van der Waals surface area contributed by atoms with Crippen LogP contribution in [0.3, 0.4) is 0 Å². The molecule has 0 spiro atoms. The van der Waals surface area contributed by atoms with Crippen molar-refractivity contribution in [2.75, 3.05) is 32.8 Å². The Labute approximate surface area is 172 Å². The molecule has 158 valence electrons. The van der Waals surface area contributed by atoms with Crippen LogP contribution in [0.4, 0.5) is 4.79 Å². The number of hydrogen-bond donors (Lipinski definition) is 1. The molecule has 0 aromatic heterocycles. The lowest BCUT2D eigenvalue weighted by molar-refractivity contribution is -0.135. The maximum Gasteiger partial charge on any atom is 0.325 e. The van der Waals surface area contributed by atoms with Crippen molar-refractivity contribution in [2.45, 2.75) is 51.2 Å². The largest absolute Gasteiger partial charge is 0.486 e. The molecule has 1 N–H and O–H groups in total. The predicted octanol–water partition coefficient (Wildman–Crippen LogP) is 2.65. The zero-order valence-electron chi connectivity index (χ0n) is 17.4. The minimum atomic E-state index is -0.789. The second-order valence-corrected chi connectivity index (χ2v) is 8.28. The third kappa shape index (κ3) is 3.68. The molecule has 29 heavy (non-hydrogen) atoms. The van der Waals surface area contributed by atoms with E-state index in [4.69, 9.17) is 9.47 Å². The first-order valence-electron chi connectivity index (χ1n) is 10.8. The highest BCUT2D eigenvalue weighted by atomic mass is 16.6. The topological polar surface area (TPSA) is 71.1 Å². The summed E-state index contributed by atoms with van der Waals surface area (Å²) < 4.78 is 11.7. The second-order valence-electron chi connectivity index (χ2n) is 8.28. The number of rotatable bonds is 6. The van der Waals surface area contributed by atoms with Crippen molar-refractivity contribution >= 4 is 11.9 Å². The SMILES string of the molecule is CCCN1CCC([C@@]2(CC)NC(=O)N(C[C@H]3COc4ccccc4O3)C2=O)CC1. The zero-order chi connectivity index (χ0) is 20.4. The Morgan fingerprint density at radius 3 is 2.55 bits per heavy atom. The molecule has 3 aliphatic rings. The van der Waals surface area contributed by atoms with E-state index in [9.17, 15) is 9.59 Å². The van der Waals surface area contributed by atoms with Crippen molar-refractivity contribution in [3.63, 3.8) is 0 Å². The number of nitrogens with one attached hydrogen (secondary N) is 1.